The van der Waals surface area contributed by atoms with Crippen LogP contribution in [0.2, 0.25) is 0 Å². The van der Waals surface area contributed by atoms with Crippen molar-refractivity contribution in [2.75, 3.05) is 42.6 Å². The SMILES string of the molecule is CC[C@@H](OS(=O)(=O)CC)C(=O)N1[C@@H]2CC[C@H]1[C@H]1[C@H](C)Cc3nc(-c4cc(N)c(F)c(C)c4C(F)(F)F)c(F)c4nc(OC[C@@]56CCCN5C[C@H](F)C6)nc(c34)N1C2. The summed E-state index contributed by atoms with van der Waals surface area (Å²) < 4.78 is 127. The number of alkyl halides is 4. The summed E-state index contributed by atoms with van der Waals surface area (Å²) in [6, 6.07) is -0.903. The summed E-state index contributed by atoms with van der Waals surface area (Å²) in [5.74, 6) is -3.42. The van der Waals surface area contributed by atoms with Crippen LogP contribution in [-0.4, -0.2) is 107 Å². The Labute approximate surface area is 326 Å². The van der Waals surface area contributed by atoms with Gasteiger partial charge in [-0.05, 0) is 76.5 Å². The van der Waals surface area contributed by atoms with E-state index < -0.39 is 97.8 Å². The molecular weight excluding hydrogens is 781 g/mol. The van der Waals surface area contributed by atoms with Crippen LogP contribution in [0.15, 0.2) is 6.07 Å². The average Bonchev–Trinajstić information content (AvgIpc) is 3.76. The van der Waals surface area contributed by atoms with Crippen molar-refractivity contribution in [1.29, 1.82) is 0 Å². The normalized spacial score (nSPS) is 27.8. The Morgan fingerprint density at radius 2 is 1.88 bits per heavy atom. The van der Waals surface area contributed by atoms with Crippen LogP contribution in [0.25, 0.3) is 22.2 Å². The first kappa shape index (κ1) is 39.8. The average molecular weight is 826 g/mol. The zero-order valence-electron chi connectivity index (χ0n) is 32.0. The number of hydrogen-bond donors (Lipinski definition) is 1. The van der Waals surface area contributed by atoms with E-state index in [4.69, 9.17) is 19.6 Å². The molecule has 12 nitrogen and oxygen atoms in total. The van der Waals surface area contributed by atoms with Gasteiger partial charge in [0.1, 0.15) is 35.6 Å². The van der Waals surface area contributed by atoms with E-state index in [9.17, 15) is 35.2 Å². The number of carbonyl (C=O) groups excluding carboxylic acids is 1. The molecule has 0 saturated carbocycles. The van der Waals surface area contributed by atoms with Gasteiger partial charge in [-0.2, -0.15) is 31.6 Å². The number of nitrogen functional groups attached to an aromatic ring is 1. The molecule has 19 heteroatoms. The molecule has 310 valence electrons. The summed E-state index contributed by atoms with van der Waals surface area (Å²) >= 11 is 0. The van der Waals surface area contributed by atoms with Crippen LogP contribution in [0.3, 0.4) is 0 Å². The highest BCUT2D eigenvalue weighted by Crippen LogP contribution is 2.48. The molecule has 57 heavy (non-hydrogen) atoms. The molecule has 7 atom stereocenters. The second-order valence-electron chi connectivity index (χ2n) is 16.2. The van der Waals surface area contributed by atoms with Gasteiger partial charge >= 0.3 is 12.2 Å². The molecule has 8 rings (SSSR count). The number of hydrogen-bond acceptors (Lipinski definition) is 11. The minimum absolute atomic E-state index is 0.0108. The summed E-state index contributed by atoms with van der Waals surface area (Å²) in [7, 11) is -3.96. The highest BCUT2D eigenvalue weighted by molar-refractivity contribution is 7.86. The molecule has 1 amide bonds. The third-order valence-electron chi connectivity index (χ3n) is 12.7. The molecule has 0 unspecified atom stereocenters. The van der Waals surface area contributed by atoms with Crippen LogP contribution in [0.4, 0.5) is 37.8 Å². The summed E-state index contributed by atoms with van der Waals surface area (Å²) in [5.41, 5.74) is 0.697. The smallest absolute Gasteiger partial charge is 0.417 e. The number of amides is 1. The number of aromatic nitrogens is 3. The number of nitrogens with zero attached hydrogens (tertiary/aromatic N) is 6. The Kier molecular flexibility index (Phi) is 9.85. The lowest BCUT2D eigenvalue weighted by molar-refractivity contribution is -0.143. The standard InChI is InChI=1S/C38H45F6N7O5S/c1-5-26(56-57(53,54)6-2)35(52)51-21-8-9-25(51)33-18(3)12-24-27-32(30(41)31(46-24)22-13-23(45)29(40)19(4)28(22)38(42,43)44)47-36(48-34(27)50(33)16-21)55-17-37-10-7-11-49(37)15-20(39)14-37/h13,18,20-21,25-26,33H,5-12,14-17,45H2,1-4H3/t18-,20-,21-,25+,26-,33-,37+/m1/s1. The zero-order valence-corrected chi connectivity index (χ0v) is 32.8. The Hall–Kier alpha value is -3.97. The third kappa shape index (κ3) is 6.55. The predicted molar refractivity (Wildman–Crippen MR) is 198 cm³/mol. The molecule has 4 fully saturated rings. The van der Waals surface area contributed by atoms with Crippen LogP contribution < -0.4 is 15.4 Å². The summed E-state index contributed by atoms with van der Waals surface area (Å²) in [6.07, 6.45) is -4.37. The number of ether oxygens (including phenoxy) is 1. The van der Waals surface area contributed by atoms with Crippen molar-refractivity contribution >= 4 is 38.4 Å². The highest BCUT2D eigenvalue weighted by Gasteiger charge is 2.54. The van der Waals surface area contributed by atoms with Crippen molar-refractivity contribution < 1.29 is 48.5 Å². The van der Waals surface area contributed by atoms with Crippen LogP contribution >= 0.6 is 0 Å². The number of piperazine rings is 1. The third-order valence-corrected chi connectivity index (χ3v) is 13.9. The number of pyridine rings is 1. The summed E-state index contributed by atoms with van der Waals surface area (Å²) in [6.45, 7) is 7.03. The van der Waals surface area contributed by atoms with Crippen molar-refractivity contribution in [2.45, 2.75) is 115 Å². The quantitative estimate of drug-likeness (QED) is 0.161. The van der Waals surface area contributed by atoms with Gasteiger partial charge in [0.05, 0.1) is 45.7 Å². The maximum atomic E-state index is 17.2. The van der Waals surface area contributed by atoms with Crippen LogP contribution in [0, 0.1) is 24.5 Å². The molecule has 0 radical (unpaired) electrons. The number of nitrogens with two attached hydrogens (primary N) is 1. The molecular formula is C38H45F6N7O5S. The Balaban J connectivity index is 1.28. The molecule has 2 bridgehead atoms. The lowest BCUT2D eigenvalue weighted by Gasteiger charge is -2.49. The fourth-order valence-corrected chi connectivity index (χ4v) is 10.9. The van der Waals surface area contributed by atoms with E-state index in [0.29, 0.717) is 25.8 Å². The lowest BCUT2D eigenvalue weighted by Crippen LogP contribution is -2.64. The van der Waals surface area contributed by atoms with Gasteiger partial charge in [-0.3, -0.25) is 13.9 Å². The van der Waals surface area contributed by atoms with Gasteiger partial charge in [0, 0.05) is 31.1 Å². The first-order valence-corrected chi connectivity index (χ1v) is 21.0. The first-order valence-electron chi connectivity index (χ1n) is 19.5. The fourth-order valence-electron chi connectivity index (χ4n) is 10.2. The maximum Gasteiger partial charge on any atom is 0.417 e. The van der Waals surface area contributed by atoms with E-state index in [1.54, 1.807) is 11.8 Å². The number of rotatable bonds is 9. The van der Waals surface area contributed by atoms with Crippen molar-refractivity contribution in [2.24, 2.45) is 5.92 Å². The minimum Gasteiger partial charge on any atom is -0.461 e. The number of carbonyl (C=O) groups is 1. The van der Waals surface area contributed by atoms with Crippen LogP contribution in [0.5, 0.6) is 6.01 Å². The van der Waals surface area contributed by atoms with Crippen molar-refractivity contribution in [3.63, 3.8) is 0 Å². The lowest BCUT2D eigenvalue weighted by atomic mass is 9.88. The molecule has 7 heterocycles. The van der Waals surface area contributed by atoms with Crippen molar-refractivity contribution in [3.05, 3.63) is 34.5 Å². The monoisotopic (exact) mass is 825 g/mol. The Bertz CT molecular complexity index is 2250. The molecule has 1 aromatic carbocycles. The zero-order chi connectivity index (χ0) is 40.9. The highest BCUT2D eigenvalue weighted by atomic mass is 32.2. The van der Waals surface area contributed by atoms with Gasteiger partial charge in [-0.25, -0.2) is 18.2 Å². The largest absolute Gasteiger partial charge is 0.461 e. The topological polar surface area (TPSA) is 144 Å². The predicted octanol–water partition coefficient (Wildman–Crippen LogP) is 5.72. The second-order valence-corrected chi connectivity index (χ2v) is 18.1. The molecule has 2 aromatic heterocycles. The Morgan fingerprint density at radius 3 is 2.58 bits per heavy atom. The van der Waals surface area contributed by atoms with E-state index in [0.717, 1.165) is 19.4 Å². The van der Waals surface area contributed by atoms with E-state index in [-0.39, 0.29) is 79.1 Å². The van der Waals surface area contributed by atoms with E-state index in [1.807, 2.05) is 16.7 Å². The maximum absolute atomic E-state index is 17.2. The molecule has 2 N–H and O–H groups in total. The first-order chi connectivity index (χ1) is 26.9. The van der Waals surface area contributed by atoms with Gasteiger partial charge in [0.2, 0.25) is 0 Å². The van der Waals surface area contributed by atoms with Gasteiger partial charge in [-0.1, -0.05) is 13.8 Å². The molecule has 5 aliphatic rings. The molecule has 0 aliphatic carbocycles. The number of halogens is 6. The number of fused-ring (bicyclic) bond motifs is 6. The van der Waals surface area contributed by atoms with Crippen molar-refractivity contribution in [1.82, 2.24) is 24.8 Å². The minimum atomic E-state index is -5.11. The fraction of sp³-hybridized carbons (Fsp3) is 0.632. The van der Waals surface area contributed by atoms with Crippen molar-refractivity contribution in [3.8, 4) is 17.3 Å². The summed E-state index contributed by atoms with van der Waals surface area (Å²) in [5, 5.41) is 0.159. The van der Waals surface area contributed by atoms with Crippen LogP contribution in [0.1, 0.15) is 76.1 Å². The van der Waals surface area contributed by atoms with E-state index in [2.05, 4.69) is 9.97 Å². The van der Waals surface area contributed by atoms with E-state index >= 15 is 4.39 Å². The molecule has 0 spiro atoms. The number of benzene rings is 1. The van der Waals surface area contributed by atoms with Gasteiger partial charge in [0.15, 0.2) is 11.9 Å². The van der Waals surface area contributed by atoms with E-state index in [1.165, 1.54) is 6.92 Å². The Morgan fingerprint density at radius 1 is 1.12 bits per heavy atom. The number of anilines is 2. The molecule has 3 aromatic rings. The van der Waals surface area contributed by atoms with Gasteiger partial charge in [-0.15, -0.1) is 0 Å². The molecule has 5 aliphatic heterocycles. The summed E-state index contributed by atoms with van der Waals surface area (Å²) in [4.78, 5) is 33.7. The molecule has 4 saturated heterocycles. The van der Waals surface area contributed by atoms with Gasteiger partial charge < -0.3 is 20.3 Å². The van der Waals surface area contributed by atoms with Gasteiger partial charge in [0.25, 0.3) is 16.0 Å². The second kappa shape index (κ2) is 14.1. The van der Waals surface area contributed by atoms with Crippen LogP contribution in [-0.2, 0) is 31.7 Å².